The molecule has 0 saturated carbocycles. The molecule has 1 aliphatic carbocycles. The van der Waals surface area contributed by atoms with Crippen molar-refractivity contribution >= 4 is 38.6 Å². The molecule has 0 amide bonds. The standard InChI is InChI=1S/C25H29BrN3/c1-27(2)21-12-7-18(8-13-21)25(19-9-14-22(15-10-19)28(3)4)20-11-16-24(29(5)6)23(26)17-20/h7-17H,1-6H3/q+1. The second-order valence-electron chi connectivity index (χ2n) is 7.82. The van der Waals surface area contributed by atoms with Gasteiger partial charge >= 0.3 is 0 Å². The molecule has 0 unspecified atom stereocenters. The summed E-state index contributed by atoms with van der Waals surface area (Å²) in [6.45, 7) is 0. The van der Waals surface area contributed by atoms with E-state index in [1.54, 1.807) is 0 Å². The monoisotopic (exact) mass is 450 g/mol. The van der Waals surface area contributed by atoms with Crippen LogP contribution in [-0.4, -0.2) is 52.6 Å². The van der Waals surface area contributed by atoms with E-state index in [0.29, 0.717) is 0 Å². The van der Waals surface area contributed by atoms with Gasteiger partial charge in [0.15, 0.2) is 0 Å². The third kappa shape index (κ3) is 4.70. The quantitative estimate of drug-likeness (QED) is 0.593. The van der Waals surface area contributed by atoms with Crippen molar-refractivity contribution in [1.29, 1.82) is 0 Å². The van der Waals surface area contributed by atoms with Gasteiger partial charge in [0, 0.05) is 45.6 Å². The Morgan fingerprint density at radius 1 is 0.724 bits per heavy atom. The third-order valence-corrected chi connectivity index (χ3v) is 5.70. The predicted octanol–water partition coefficient (Wildman–Crippen LogP) is 5.18. The fourth-order valence-electron chi connectivity index (χ4n) is 3.38. The number of anilines is 2. The van der Waals surface area contributed by atoms with Crippen LogP contribution in [0.15, 0.2) is 76.8 Å². The van der Waals surface area contributed by atoms with Gasteiger partial charge in [-0.3, -0.25) is 0 Å². The molecule has 0 atom stereocenters. The number of benzene rings is 2. The molecule has 0 aliphatic heterocycles. The lowest BCUT2D eigenvalue weighted by atomic mass is 9.90. The van der Waals surface area contributed by atoms with E-state index < -0.39 is 0 Å². The van der Waals surface area contributed by atoms with Crippen LogP contribution in [0.3, 0.4) is 0 Å². The molecule has 29 heavy (non-hydrogen) atoms. The van der Waals surface area contributed by atoms with Crippen LogP contribution in [0.5, 0.6) is 0 Å². The van der Waals surface area contributed by atoms with Crippen LogP contribution in [0, 0.1) is 0 Å². The second-order valence-corrected chi connectivity index (χ2v) is 8.67. The molecule has 0 N–H and O–H groups in total. The van der Waals surface area contributed by atoms with Gasteiger partial charge in [-0.1, -0.05) is 24.3 Å². The minimum Gasteiger partial charge on any atom is -0.378 e. The molecule has 0 fully saturated rings. The minimum absolute atomic E-state index is 1.09. The smallest absolute Gasteiger partial charge is 0.213 e. The number of allylic oxidation sites excluding steroid dienone is 5. The van der Waals surface area contributed by atoms with Crippen molar-refractivity contribution in [3.05, 3.63) is 87.9 Å². The van der Waals surface area contributed by atoms with Crippen molar-refractivity contribution in [1.82, 2.24) is 0 Å². The fourth-order valence-corrected chi connectivity index (χ4v) is 4.11. The molecule has 3 nitrogen and oxygen atoms in total. The van der Waals surface area contributed by atoms with Crippen molar-refractivity contribution in [3.63, 3.8) is 0 Å². The molecule has 2 aromatic rings. The first-order valence-electron chi connectivity index (χ1n) is 9.67. The SMILES string of the molecule is CN(C)c1ccc(C(=C2C=CC(=[N+](C)C)C(Br)=C2)c2ccc(N(C)C)cc2)cc1. The Balaban J connectivity index is 2.17. The van der Waals surface area contributed by atoms with E-state index >= 15 is 0 Å². The maximum Gasteiger partial charge on any atom is 0.213 e. The lowest BCUT2D eigenvalue weighted by Crippen LogP contribution is -2.13. The average Bonchev–Trinajstić information content (AvgIpc) is 2.69. The van der Waals surface area contributed by atoms with Crippen molar-refractivity contribution in [3.8, 4) is 0 Å². The fraction of sp³-hybridized carbons (Fsp3) is 0.240. The van der Waals surface area contributed by atoms with Gasteiger partial charge < -0.3 is 9.80 Å². The molecule has 2 aromatic carbocycles. The summed E-state index contributed by atoms with van der Waals surface area (Å²) in [5.74, 6) is 0. The van der Waals surface area contributed by atoms with Gasteiger partial charge in [0.05, 0.1) is 4.48 Å². The molecular weight excluding hydrogens is 422 g/mol. The van der Waals surface area contributed by atoms with E-state index in [4.69, 9.17) is 0 Å². The van der Waals surface area contributed by atoms with Crippen molar-refractivity contribution in [2.75, 3.05) is 52.1 Å². The van der Waals surface area contributed by atoms with Gasteiger partial charge in [-0.2, -0.15) is 0 Å². The number of hydrogen-bond donors (Lipinski definition) is 0. The first-order valence-corrected chi connectivity index (χ1v) is 10.5. The highest BCUT2D eigenvalue weighted by Crippen LogP contribution is 2.33. The molecule has 150 valence electrons. The highest BCUT2D eigenvalue weighted by Gasteiger charge is 2.18. The van der Waals surface area contributed by atoms with E-state index in [1.807, 2.05) is 0 Å². The summed E-state index contributed by atoms with van der Waals surface area (Å²) in [5.41, 5.74) is 8.39. The summed E-state index contributed by atoms with van der Waals surface area (Å²) in [5, 5.41) is 0. The Bertz CT molecular complexity index is 948. The number of hydrogen-bond acceptors (Lipinski definition) is 2. The van der Waals surface area contributed by atoms with Crippen LogP contribution < -0.4 is 9.80 Å². The minimum atomic E-state index is 1.09. The highest BCUT2D eigenvalue weighted by molar-refractivity contribution is 9.12. The summed E-state index contributed by atoms with van der Waals surface area (Å²) in [6, 6.07) is 17.5. The van der Waals surface area contributed by atoms with Crippen LogP contribution in [0.2, 0.25) is 0 Å². The molecule has 4 heteroatoms. The van der Waals surface area contributed by atoms with Crippen LogP contribution in [0.4, 0.5) is 11.4 Å². The highest BCUT2D eigenvalue weighted by atomic mass is 79.9. The molecule has 0 heterocycles. The van der Waals surface area contributed by atoms with Crippen LogP contribution in [-0.2, 0) is 0 Å². The topological polar surface area (TPSA) is 9.49 Å². The van der Waals surface area contributed by atoms with Crippen molar-refractivity contribution < 1.29 is 4.58 Å². The summed E-state index contributed by atoms with van der Waals surface area (Å²) < 4.78 is 3.21. The molecule has 3 rings (SSSR count). The van der Waals surface area contributed by atoms with E-state index in [9.17, 15) is 0 Å². The summed E-state index contributed by atoms with van der Waals surface area (Å²) in [7, 11) is 12.4. The molecule has 0 spiro atoms. The van der Waals surface area contributed by atoms with Gasteiger partial charge in [0.1, 0.15) is 14.1 Å². The predicted molar refractivity (Wildman–Crippen MR) is 131 cm³/mol. The molecule has 0 radical (unpaired) electrons. The average molecular weight is 451 g/mol. The maximum absolute atomic E-state index is 3.75. The zero-order valence-corrected chi connectivity index (χ0v) is 19.7. The lowest BCUT2D eigenvalue weighted by Gasteiger charge is -2.18. The van der Waals surface area contributed by atoms with E-state index in [2.05, 4.69) is 139 Å². The van der Waals surface area contributed by atoms with Crippen LogP contribution in [0.1, 0.15) is 11.1 Å². The van der Waals surface area contributed by atoms with E-state index in [0.717, 1.165) is 4.48 Å². The lowest BCUT2D eigenvalue weighted by molar-refractivity contribution is -0.462. The largest absolute Gasteiger partial charge is 0.378 e. The number of halogens is 1. The molecule has 0 saturated heterocycles. The normalized spacial score (nSPS) is 13.3. The number of rotatable bonds is 4. The van der Waals surface area contributed by atoms with Gasteiger partial charge in [-0.15, -0.1) is 0 Å². The van der Waals surface area contributed by atoms with Crippen molar-refractivity contribution in [2.45, 2.75) is 0 Å². The third-order valence-electron chi connectivity index (χ3n) is 5.06. The van der Waals surface area contributed by atoms with Crippen LogP contribution in [0.25, 0.3) is 5.57 Å². The molecule has 1 aliphatic rings. The Hall–Kier alpha value is -2.59. The Labute approximate surface area is 183 Å². The second kappa shape index (κ2) is 8.83. The van der Waals surface area contributed by atoms with Gasteiger partial charge in [-0.05, 0) is 74.6 Å². The summed E-state index contributed by atoms with van der Waals surface area (Å²) in [4.78, 5) is 4.25. The van der Waals surface area contributed by atoms with E-state index in [1.165, 1.54) is 39.4 Å². The zero-order valence-electron chi connectivity index (χ0n) is 18.1. The first kappa shape index (κ1) is 21.1. The van der Waals surface area contributed by atoms with E-state index in [-0.39, 0.29) is 0 Å². The zero-order chi connectivity index (χ0) is 21.1. The first-order chi connectivity index (χ1) is 13.8. The van der Waals surface area contributed by atoms with Gasteiger partial charge in [0.25, 0.3) is 0 Å². The Kier molecular flexibility index (Phi) is 6.43. The Morgan fingerprint density at radius 2 is 1.17 bits per heavy atom. The molecule has 0 aromatic heterocycles. The number of nitrogens with zero attached hydrogens (tertiary/aromatic N) is 3. The molecular formula is C25H29BrN3+. The molecule has 0 bridgehead atoms. The summed E-state index contributed by atoms with van der Waals surface area (Å²) in [6.07, 6.45) is 6.58. The Morgan fingerprint density at radius 3 is 1.52 bits per heavy atom. The summed E-state index contributed by atoms with van der Waals surface area (Å²) >= 11 is 3.75. The van der Waals surface area contributed by atoms with Crippen molar-refractivity contribution in [2.24, 2.45) is 0 Å². The maximum atomic E-state index is 3.75. The van der Waals surface area contributed by atoms with Gasteiger partial charge in [0.2, 0.25) is 5.71 Å². The van der Waals surface area contributed by atoms with Crippen LogP contribution >= 0.6 is 15.9 Å². The van der Waals surface area contributed by atoms with Gasteiger partial charge in [-0.25, -0.2) is 4.58 Å².